The molecule has 2 rings (SSSR count). The summed E-state index contributed by atoms with van der Waals surface area (Å²) in [6, 6.07) is 13.6. The summed E-state index contributed by atoms with van der Waals surface area (Å²) in [4.78, 5) is 0. The van der Waals surface area contributed by atoms with Crippen LogP contribution in [-0.4, -0.2) is 6.10 Å². The smallest absolute Gasteiger partial charge is 0.119 e. The van der Waals surface area contributed by atoms with E-state index < -0.39 is 5.54 Å². The molecule has 0 aromatic heterocycles. The molecule has 1 atom stereocenters. The SMILES string of the molecule is CC(C)Oc1ccc(C(C)(N)c2ccc(Br)cc2Cl)cc1. The van der Waals surface area contributed by atoms with Crippen molar-refractivity contribution in [1.29, 1.82) is 0 Å². The van der Waals surface area contributed by atoms with Gasteiger partial charge in [0.15, 0.2) is 0 Å². The number of hydrogen-bond donors (Lipinski definition) is 1. The molecule has 1 unspecified atom stereocenters. The zero-order valence-electron chi connectivity index (χ0n) is 12.4. The van der Waals surface area contributed by atoms with Gasteiger partial charge >= 0.3 is 0 Å². The zero-order chi connectivity index (χ0) is 15.6. The Morgan fingerprint density at radius 3 is 2.29 bits per heavy atom. The Morgan fingerprint density at radius 2 is 1.76 bits per heavy atom. The van der Waals surface area contributed by atoms with Gasteiger partial charge in [0.2, 0.25) is 0 Å². The molecular formula is C17H19BrClNO. The number of rotatable bonds is 4. The minimum Gasteiger partial charge on any atom is -0.491 e. The fraction of sp³-hybridized carbons (Fsp3) is 0.294. The summed E-state index contributed by atoms with van der Waals surface area (Å²) in [5, 5.41) is 0.650. The molecule has 0 amide bonds. The molecule has 112 valence electrons. The Balaban J connectivity index is 2.34. The second-order valence-corrected chi connectivity index (χ2v) is 6.84. The molecule has 0 radical (unpaired) electrons. The summed E-state index contributed by atoms with van der Waals surface area (Å²) in [5.74, 6) is 0.839. The average Bonchev–Trinajstić information content (AvgIpc) is 2.38. The lowest BCUT2D eigenvalue weighted by Gasteiger charge is -2.27. The van der Waals surface area contributed by atoms with Crippen LogP contribution in [0.5, 0.6) is 5.75 Å². The third-order valence-electron chi connectivity index (χ3n) is 3.32. The second kappa shape index (κ2) is 6.39. The molecule has 0 aliphatic carbocycles. The Kier molecular flexibility index (Phi) is 4.97. The van der Waals surface area contributed by atoms with Gasteiger partial charge in [-0.15, -0.1) is 0 Å². The average molecular weight is 369 g/mol. The van der Waals surface area contributed by atoms with Gasteiger partial charge in [-0.25, -0.2) is 0 Å². The Morgan fingerprint density at radius 1 is 1.14 bits per heavy atom. The predicted molar refractivity (Wildman–Crippen MR) is 92.0 cm³/mol. The van der Waals surface area contributed by atoms with E-state index in [4.69, 9.17) is 22.1 Å². The van der Waals surface area contributed by atoms with Gasteiger partial charge in [0.1, 0.15) is 5.75 Å². The highest BCUT2D eigenvalue weighted by Gasteiger charge is 2.26. The molecule has 0 saturated carbocycles. The van der Waals surface area contributed by atoms with E-state index in [0.717, 1.165) is 21.3 Å². The van der Waals surface area contributed by atoms with E-state index in [1.165, 1.54) is 0 Å². The Hall–Kier alpha value is -1.03. The molecule has 0 bridgehead atoms. The van der Waals surface area contributed by atoms with Crippen molar-refractivity contribution in [2.24, 2.45) is 5.73 Å². The van der Waals surface area contributed by atoms with Crippen molar-refractivity contribution in [2.45, 2.75) is 32.4 Å². The van der Waals surface area contributed by atoms with Gasteiger partial charge in [0.25, 0.3) is 0 Å². The van der Waals surface area contributed by atoms with Gasteiger partial charge in [-0.1, -0.05) is 45.7 Å². The first kappa shape index (κ1) is 16.3. The summed E-state index contributed by atoms with van der Waals surface area (Å²) in [5.41, 5.74) is 7.74. The molecule has 2 aromatic rings. The third kappa shape index (κ3) is 3.79. The number of halogens is 2. The lowest BCUT2D eigenvalue weighted by Crippen LogP contribution is -2.34. The molecule has 0 heterocycles. The Bertz CT molecular complexity index is 623. The highest BCUT2D eigenvalue weighted by Crippen LogP contribution is 2.34. The van der Waals surface area contributed by atoms with E-state index >= 15 is 0 Å². The van der Waals surface area contributed by atoms with Gasteiger partial charge in [0, 0.05) is 9.50 Å². The normalized spacial score (nSPS) is 14.0. The van der Waals surface area contributed by atoms with Crippen molar-refractivity contribution in [3.63, 3.8) is 0 Å². The van der Waals surface area contributed by atoms with Crippen LogP contribution in [0.25, 0.3) is 0 Å². The van der Waals surface area contributed by atoms with Crippen molar-refractivity contribution in [3.05, 3.63) is 63.1 Å². The number of nitrogens with two attached hydrogens (primary N) is 1. The van der Waals surface area contributed by atoms with Crippen molar-refractivity contribution in [1.82, 2.24) is 0 Å². The largest absolute Gasteiger partial charge is 0.491 e. The van der Waals surface area contributed by atoms with E-state index in [9.17, 15) is 0 Å². The van der Waals surface area contributed by atoms with Crippen LogP contribution in [-0.2, 0) is 5.54 Å². The first-order valence-electron chi connectivity index (χ1n) is 6.82. The van der Waals surface area contributed by atoms with Gasteiger partial charge in [-0.3, -0.25) is 0 Å². The molecule has 0 fully saturated rings. The Labute approximate surface area is 139 Å². The molecule has 21 heavy (non-hydrogen) atoms. The lowest BCUT2D eigenvalue weighted by molar-refractivity contribution is 0.242. The van der Waals surface area contributed by atoms with Crippen LogP contribution in [0, 0.1) is 0 Å². The van der Waals surface area contributed by atoms with E-state index in [1.54, 1.807) is 0 Å². The van der Waals surface area contributed by atoms with Crippen LogP contribution < -0.4 is 10.5 Å². The van der Waals surface area contributed by atoms with Crippen LogP contribution in [0.2, 0.25) is 5.02 Å². The monoisotopic (exact) mass is 367 g/mol. The van der Waals surface area contributed by atoms with Crippen LogP contribution >= 0.6 is 27.5 Å². The number of ether oxygens (including phenoxy) is 1. The fourth-order valence-electron chi connectivity index (χ4n) is 2.22. The zero-order valence-corrected chi connectivity index (χ0v) is 14.7. The van der Waals surface area contributed by atoms with Crippen LogP contribution in [0.15, 0.2) is 46.9 Å². The molecule has 0 aliphatic rings. The van der Waals surface area contributed by atoms with Gasteiger partial charge < -0.3 is 10.5 Å². The topological polar surface area (TPSA) is 35.2 Å². The maximum atomic E-state index is 6.52. The van der Waals surface area contributed by atoms with Crippen LogP contribution in [0.3, 0.4) is 0 Å². The first-order chi connectivity index (χ1) is 9.80. The standard InChI is InChI=1S/C17H19BrClNO/c1-11(2)21-14-7-4-12(5-8-14)17(3,20)15-9-6-13(18)10-16(15)19/h4-11H,20H2,1-3H3. The van der Waals surface area contributed by atoms with Gasteiger partial charge in [-0.05, 0) is 56.2 Å². The lowest BCUT2D eigenvalue weighted by atomic mass is 9.85. The summed E-state index contributed by atoms with van der Waals surface area (Å²) >= 11 is 9.74. The van der Waals surface area contributed by atoms with Crippen molar-refractivity contribution >= 4 is 27.5 Å². The quantitative estimate of drug-likeness (QED) is 0.813. The number of hydrogen-bond acceptors (Lipinski definition) is 2. The van der Waals surface area contributed by atoms with E-state index in [1.807, 2.05) is 63.2 Å². The van der Waals surface area contributed by atoms with Crippen LogP contribution in [0.1, 0.15) is 31.9 Å². The van der Waals surface area contributed by atoms with Crippen molar-refractivity contribution in [2.75, 3.05) is 0 Å². The van der Waals surface area contributed by atoms with Crippen LogP contribution in [0.4, 0.5) is 0 Å². The van der Waals surface area contributed by atoms with Gasteiger partial charge in [-0.2, -0.15) is 0 Å². The molecule has 0 saturated heterocycles. The molecular weight excluding hydrogens is 350 g/mol. The summed E-state index contributed by atoms with van der Waals surface area (Å²) in [7, 11) is 0. The molecule has 2 aromatic carbocycles. The molecule has 0 aliphatic heterocycles. The van der Waals surface area contributed by atoms with E-state index in [0.29, 0.717) is 5.02 Å². The minimum absolute atomic E-state index is 0.154. The maximum absolute atomic E-state index is 6.52. The molecule has 2 N–H and O–H groups in total. The third-order valence-corrected chi connectivity index (χ3v) is 4.12. The maximum Gasteiger partial charge on any atom is 0.119 e. The van der Waals surface area contributed by atoms with Gasteiger partial charge in [0.05, 0.1) is 11.6 Å². The number of benzene rings is 2. The molecule has 0 spiro atoms. The van der Waals surface area contributed by atoms with Crippen molar-refractivity contribution < 1.29 is 4.74 Å². The molecule has 4 heteroatoms. The van der Waals surface area contributed by atoms with Crippen molar-refractivity contribution in [3.8, 4) is 5.75 Å². The summed E-state index contributed by atoms with van der Waals surface area (Å²) in [6.45, 7) is 5.96. The van der Waals surface area contributed by atoms with E-state index in [2.05, 4.69) is 15.9 Å². The second-order valence-electron chi connectivity index (χ2n) is 5.52. The summed E-state index contributed by atoms with van der Waals surface area (Å²) in [6.07, 6.45) is 0.154. The minimum atomic E-state index is -0.659. The first-order valence-corrected chi connectivity index (χ1v) is 7.99. The molecule has 2 nitrogen and oxygen atoms in total. The summed E-state index contributed by atoms with van der Waals surface area (Å²) < 4.78 is 6.59. The predicted octanol–water partition coefficient (Wildman–Crippen LogP) is 5.11. The van der Waals surface area contributed by atoms with E-state index in [-0.39, 0.29) is 6.10 Å². The fourth-order valence-corrected chi connectivity index (χ4v) is 3.09. The highest BCUT2D eigenvalue weighted by molar-refractivity contribution is 9.10. The highest BCUT2D eigenvalue weighted by atomic mass is 79.9.